The first-order valence-electron chi connectivity index (χ1n) is 12.0. The van der Waals surface area contributed by atoms with E-state index in [0.717, 1.165) is 10.8 Å². The lowest BCUT2D eigenvalue weighted by molar-refractivity contribution is -0.139. The van der Waals surface area contributed by atoms with Gasteiger partial charge in [-0.1, -0.05) is 35.6 Å². The van der Waals surface area contributed by atoms with Crippen molar-refractivity contribution in [3.8, 4) is 17.2 Å². The number of phenols is 1. The third kappa shape index (κ3) is 4.35. The second-order valence-corrected chi connectivity index (χ2v) is 9.67. The predicted octanol–water partition coefficient (Wildman–Crippen LogP) is 3.67. The van der Waals surface area contributed by atoms with Gasteiger partial charge in [0.2, 0.25) is 0 Å². The van der Waals surface area contributed by atoms with E-state index in [-0.39, 0.29) is 23.5 Å². The van der Waals surface area contributed by atoms with E-state index in [2.05, 4.69) is 4.99 Å². The number of rotatable bonds is 6. The Kier molecular flexibility index (Phi) is 6.77. The Morgan fingerprint density at radius 1 is 1.13 bits per heavy atom. The number of carbonyl (C=O) groups excluding carboxylic acids is 1. The molecule has 2 heterocycles. The number of ether oxygens (including phenoxy) is 3. The van der Waals surface area contributed by atoms with Crippen LogP contribution in [-0.4, -0.2) is 36.5 Å². The van der Waals surface area contributed by atoms with E-state index < -0.39 is 12.0 Å². The second-order valence-electron chi connectivity index (χ2n) is 8.67. The number of hydrogen-bond donors (Lipinski definition) is 1. The van der Waals surface area contributed by atoms with E-state index in [1.54, 1.807) is 58.4 Å². The predicted molar refractivity (Wildman–Crippen MR) is 146 cm³/mol. The Morgan fingerprint density at radius 2 is 1.92 bits per heavy atom. The van der Waals surface area contributed by atoms with Gasteiger partial charge in [-0.15, -0.1) is 0 Å². The minimum Gasteiger partial charge on any atom is -0.508 e. The number of methoxy groups -OCH3 is 2. The van der Waals surface area contributed by atoms with Gasteiger partial charge >= 0.3 is 5.97 Å². The standard InChI is InChI=1S/C29H26N2O6S/c1-5-37-28(34)24-16(2)30-29-31(27(33)23(38-29)14-17-7-6-8-19(32)13-17)26(24)25-21-15-20(35-3)11-9-18(21)10-12-22(25)36-4/h6-15,26,32H,5H2,1-4H3/b23-14-/t26-/m1/s1. The van der Waals surface area contributed by atoms with E-state index in [0.29, 0.717) is 37.7 Å². The molecular weight excluding hydrogens is 504 g/mol. The summed E-state index contributed by atoms with van der Waals surface area (Å²) in [5, 5.41) is 11.6. The third-order valence-corrected chi connectivity index (χ3v) is 7.39. The number of benzene rings is 3. The molecule has 1 N–H and O–H groups in total. The highest BCUT2D eigenvalue weighted by Gasteiger charge is 2.36. The van der Waals surface area contributed by atoms with Crippen LogP contribution in [0.2, 0.25) is 0 Å². The summed E-state index contributed by atoms with van der Waals surface area (Å²) < 4.78 is 18.6. The van der Waals surface area contributed by atoms with Crippen LogP contribution >= 0.6 is 11.3 Å². The number of aromatic nitrogens is 1. The van der Waals surface area contributed by atoms with E-state index in [1.807, 2.05) is 30.3 Å². The Bertz CT molecular complexity index is 1780. The third-order valence-electron chi connectivity index (χ3n) is 6.41. The summed E-state index contributed by atoms with van der Waals surface area (Å²) in [4.78, 5) is 32.4. The molecule has 0 spiro atoms. The largest absolute Gasteiger partial charge is 0.508 e. The Morgan fingerprint density at radius 3 is 2.63 bits per heavy atom. The van der Waals surface area contributed by atoms with Crippen molar-refractivity contribution >= 4 is 34.2 Å². The molecular formula is C29H26N2O6S. The zero-order valence-electron chi connectivity index (χ0n) is 21.3. The molecule has 194 valence electrons. The molecule has 3 aromatic carbocycles. The molecule has 0 radical (unpaired) electrons. The number of esters is 1. The molecule has 0 saturated heterocycles. The van der Waals surface area contributed by atoms with Gasteiger partial charge in [-0.2, -0.15) is 0 Å². The first kappa shape index (κ1) is 25.3. The highest BCUT2D eigenvalue weighted by Crippen LogP contribution is 2.41. The van der Waals surface area contributed by atoms with Crippen molar-refractivity contribution in [2.24, 2.45) is 4.99 Å². The number of aromatic hydroxyl groups is 1. The van der Waals surface area contributed by atoms with Crippen LogP contribution in [0.15, 0.2) is 75.7 Å². The van der Waals surface area contributed by atoms with Crippen LogP contribution in [0, 0.1) is 0 Å². The second kappa shape index (κ2) is 10.2. The number of allylic oxidation sites excluding steroid dienone is 1. The summed E-state index contributed by atoms with van der Waals surface area (Å²) in [6.45, 7) is 3.64. The molecule has 1 aliphatic rings. The lowest BCUT2D eigenvalue weighted by atomic mass is 9.90. The highest BCUT2D eigenvalue weighted by atomic mass is 32.1. The zero-order chi connectivity index (χ0) is 27.0. The molecule has 9 heteroatoms. The molecule has 8 nitrogen and oxygen atoms in total. The summed E-state index contributed by atoms with van der Waals surface area (Å²) in [5.41, 5.74) is 1.70. The molecule has 0 unspecified atom stereocenters. The summed E-state index contributed by atoms with van der Waals surface area (Å²) >= 11 is 1.21. The number of nitrogens with zero attached hydrogens (tertiary/aromatic N) is 2. The van der Waals surface area contributed by atoms with E-state index in [4.69, 9.17) is 14.2 Å². The molecule has 0 amide bonds. The van der Waals surface area contributed by atoms with Gasteiger partial charge in [0.05, 0.1) is 36.6 Å². The van der Waals surface area contributed by atoms with Crippen molar-refractivity contribution in [1.82, 2.24) is 4.57 Å². The van der Waals surface area contributed by atoms with Crippen LogP contribution in [0.5, 0.6) is 17.2 Å². The average molecular weight is 531 g/mol. The summed E-state index contributed by atoms with van der Waals surface area (Å²) in [5.74, 6) is 0.679. The first-order chi connectivity index (χ1) is 18.4. The smallest absolute Gasteiger partial charge is 0.338 e. The van der Waals surface area contributed by atoms with Crippen molar-refractivity contribution in [3.63, 3.8) is 0 Å². The Hall–Kier alpha value is -4.37. The summed E-state index contributed by atoms with van der Waals surface area (Å²) in [6, 6.07) is 15.2. The zero-order valence-corrected chi connectivity index (χ0v) is 22.2. The molecule has 1 aromatic heterocycles. The molecule has 0 fully saturated rings. The van der Waals surface area contributed by atoms with Crippen LogP contribution in [-0.2, 0) is 9.53 Å². The van der Waals surface area contributed by atoms with Gasteiger partial charge in [-0.25, -0.2) is 9.79 Å². The monoisotopic (exact) mass is 530 g/mol. The number of fused-ring (bicyclic) bond motifs is 2. The lowest BCUT2D eigenvalue weighted by Gasteiger charge is -2.27. The van der Waals surface area contributed by atoms with E-state index in [1.165, 1.54) is 15.9 Å². The average Bonchev–Trinajstić information content (AvgIpc) is 3.21. The number of hydrogen-bond acceptors (Lipinski definition) is 8. The van der Waals surface area contributed by atoms with Crippen LogP contribution in [0.1, 0.15) is 31.0 Å². The first-order valence-corrected chi connectivity index (χ1v) is 12.8. The fraction of sp³-hybridized carbons (Fsp3) is 0.207. The lowest BCUT2D eigenvalue weighted by Crippen LogP contribution is -2.40. The van der Waals surface area contributed by atoms with Crippen molar-refractivity contribution in [3.05, 3.63) is 96.7 Å². The van der Waals surface area contributed by atoms with Gasteiger partial charge in [0.1, 0.15) is 23.3 Å². The van der Waals surface area contributed by atoms with Crippen molar-refractivity contribution in [2.45, 2.75) is 19.9 Å². The molecule has 0 bridgehead atoms. The van der Waals surface area contributed by atoms with E-state index in [9.17, 15) is 14.7 Å². The molecule has 1 atom stereocenters. The molecule has 0 saturated carbocycles. The van der Waals surface area contributed by atoms with Crippen molar-refractivity contribution < 1.29 is 24.1 Å². The quantitative estimate of drug-likeness (QED) is 0.382. The summed E-state index contributed by atoms with van der Waals surface area (Å²) in [7, 11) is 3.14. The van der Waals surface area contributed by atoms with Crippen LogP contribution in [0.4, 0.5) is 0 Å². The topological polar surface area (TPSA) is 99.4 Å². The number of phenolic OH excluding ortho intramolecular Hbond substituents is 1. The van der Waals surface area contributed by atoms with Gasteiger partial charge < -0.3 is 19.3 Å². The van der Waals surface area contributed by atoms with Crippen molar-refractivity contribution in [1.29, 1.82) is 0 Å². The van der Waals surface area contributed by atoms with Gasteiger partial charge in [-0.3, -0.25) is 9.36 Å². The van der Waals surface area contributed by atoms with Crippen LogP contribution in [0.3, 0.4) is 0 Å². The Labute approximate surface area is 222 Å². The minimum atomic E-state index is -0.859. The van der Waals surface area contributed by atoms with Gasteiger partial charge in [0, 0.05) is 5.56 Å². The van der Waals surface area contributed by atoms with Crippen molar-refractivity contribution in [2.75, 3.05) is 20.8 Å². The maximum absolute atomic E-state index is 14.0. The molecule has 0 aliphatic carbocycles. The molecule has 4 aromatic rings. The number of thiazole rings is 1. The number of carbonyl (C=O) groups is 1. The Balaban J connectivity index is 1.87. The van der Waals surface area contributed by atoms with E-state index >= 15 is 0 Å². The fourth-order valence-electron chi connectivity index (χ4n) is 4.72. The minimum absolute atomic E-state index is 0.0966. The van der Waals surface area contributed by atoms with Gasteiger partial charge in [0.25, 0.3) is 5.56 Å². The normalized spacial score (nSPS) is 15.3. The molecule has 5 rings (SSSR count). The fourth-order valence-corrected chi connectivity index (χ4v) is 5.77. The van der Waals surface area contributed by atoms with Gasteiger partial charge in [-0.05, 0) is 66.6 Å². The maximum Gasteiger partial charge on any atom is 0.338 e. The summed E-state index contributed by atoms with van der Waals surface area (Å²) in [6.07, 6.45) is 1.70. The molecule has 38 heavy (non-hydrogen) atoms. The van der Waals surface area contributed by atoms with Gasteiger partial charge in [0.15, 0.2) is 4.80 Å². The van der Waals surface area contributed by atoms with Crippen LogP contribution in [0.25, 0.3) is 16.8 Å². The van der Waals surface area contributed by atoms with Crippen LogP contribution < -0.4 is 24.4 Å². The highest BCUT2D eigenvalue weighted by molar-refractivity contribution is 7.07. The maximum atomic E-state index is 14.0. The SMILES string of the molecule is CCOC(=O)C1=C(C)N=c2s/c(=C\c3cccc(O)c3)c(=O)n2[C@H]1c1c(OC)ccc2ccc(OC)cc12. The molecule has 1 aliphatic heterocycles.